The molecule has 0 fully saturated rings. The van der Waals surface area contributed by atoms with Crippen molar-refractivity contribution >= 4 is 21.7 Å². The molecular formula is C16H24BrNO. The van der Waals surface area contributed by atoms with Gasteiger partial charge in [0.05, 0.1) is 0 Å². The largest absolute Gasteiger partial charge is 0.306 e. The van der Waals surface area contributed by atoms with E-state index >= 15 is 0 Å². The zero-order valence-electron chi connectivity index (χ0n) is 12.4. The zero-order valence-corrected chi connectivity index (χ0v) is 14.0. The van der Waals surface area contributed by atoms with Crippen molar-refractivity contribution in [2.75, 3.05) is 20.1 Å². The lowest BCUT2D eigenvalue weighted by molar-refractivity contribution is 0.0974. The van der Waals surface area contributed by atoms with Gasteiger partial charge in [-0.15, -0.1) is 0 Å². The molecule has 0 N–H and O–H groups in total. The van der Waals surface area contributed by atoms with Crippen LogP contribution in [0.1, 0.15) is 44.0 Å². The quantitative estimate of drug-likeness (QED) is 0.723. The highest BCUT2D eigenvalue weighted by molar-refractivity contribution is 9.10. The monoisotopic (exact) mass is 325 g/mol. The summed E-state index contributed by atoms with van der Waals surface area (Å²) >= 11 is 3.38. The Morgan fingerprint density at radius 3 is 2.32 bits per heavy atom. The molecule has 1 aromatic rings. The van der Waals surface area contributed by atoms with E-state index in [1.807, 2.05) is 24.3 Å². The number of ketones is 1. The first-order valence-electron chi connectivity index (χ1n) is 6.75. The number of carbonyl (C=O) groups is 1. The molecule has 0 atom stereocenters. The highest BCUT2D eigenvalue weighted by atomic mass is 79.9. The number of carbonyl (C=O) groups excluding carboxylic acids is 1. The van der Waals surface area contributed by atoms with Gasteiger partial charge in [-0.3, -0.25) is 4.79 Å². The van der Waals surface area contributed by atoms with Crippen LogP contribution in [0.3, 0.4) is 0 Å². The van der Waals surface area contributed by atoms with Crippen LogP contribution in [0.25, 0.3) is 0 Å². The summed E-state index contributed by atoms with van der Waals surface area (Å²) in [6.45, 7) is 8.72. The maximum Gasteiger partial charge on any atom is 0.162 e. The van der Waals surface area contributed by atoms with Gasteiger partial charge in [0, 0.05) is 23.0 Å². The van der Waals surface area contributed by atoms with Crippen molar-refractivity contribution in [2.45, 2.75) is 33.6 Å². The van der Waals surface area contributed by atoms with Gasteiger partial charge in [-0.1, -0.05) is 48.8 Å². The van der Waals surface area contributed by atoms with Gasteiger partial charge in [0.25, 0.3) is 0 Å². The molecule has 0 unspecified atom stereocenters. The van der Waals surface area contributed by atoms with Crippen molar-refractivity contribution in [2.24, 2.45) is 5.41 Å². The Kier molecular flexibility index (Phi) is 6.21. The molecule has 3 heteroatoms. The minimum atomic E-state index is 0.233. The minimum Gasteiger partial charge on any atom is -0.306 e. The molecule has 19 heavy (non-hydrogen) atoms. The summed E-state index contributed by atoms with van der Waals surface area (Å²) in [5.41, 5.74) is 1.12. The van der Waals surface area contributed by atoms with Crippen LogP contribution in [0.2, 0.25) is 0 Å². The molecule has 0 aliphatic rings. The van der Waals surface area contributed by atoms with E-state index in [0.717, 1.165) is 29.5 Å². The third kappa shape index (κ3) is 6.88. The summed E-state index contributed by atoms with van der Waals surface area (Å²) in [7, 11) is 2.12. The molecule has 0 aliphatic heterocycles. The van der Waals surface area contributed by atoms with Crippen molar-refractivity contribution in [3.8, 4) is 0 Å². The van der Waals surface area contributed by atoms with Crippen LogP contribution in [0.4, 0.5) is 0 Å². The summed E-state index contributed by atoms with van der Waals surface area (Å²) < 4.78 is 1.01. The molecule has 1 aromatic carbocycles. The van der Waals surface area contributed by atoms with Gasteiger partial charge >= 0.3 is 0 Å². The molecule has 0 radical (unpaired) electrons. The minimum absolute atomic E-state index is 0.233. The van der Waals surface area contributed by atoms with Crippen molar-refractivity contribution in [3.05, 3.63) is 34.3 Å². The summed E-state index contributed by atoms with van der Waals surface area (Å²) in [4.78, 5) is 14.3. The highest BCUT2D eigenvalue weighted by Crippen LogP contribution is 2.15. The maximum atomic E-state index is 12.0. The van der Waals surface area contributed by atoms with Gasteiger partial charge in [0.15, 0.2) is 5.78 Å². The highest BCUT2D eigenvalue weighted by Gasteiger charge is 2.13. The lowest BCUT2D eigenvalue weighted by Gasteiger charge is -2.26. The number of halogens is 1. The Bertz CT molecular complexity index is 406. The number of hydrogen-bond acceptors (Lipinski definition) is 2. The van der Waals surface area contributed by atoms with E-state index in [0.29, 0.717) is 11.8 Å². The smallest absolute Gasteiger partial charge is 0.162 e. The van der Waals surface area contributed by atoms with E-state index in [1.165, 1.54) is 0 Å². The van der Waals surface area contributed by atoms with Gasteiger partial charge < -0.3 is 4.90 Å². The van der Waals surface area contributed by atoms with E-state index in [4.69, 9.17) is 0 Å². The lowest BCUT2D eigenvalue weighted by Crippen LogP contribution is -2.30. The lowest BCUT2D eigenvalue weighted by atomic mass is 9.96. The van der Waals surface area contributed by atoms with Gasteiger partial charge in [-0.25, -0.2) is 0 Å². The van der Waals surface area contributed by atoms with E-state index in [1.54, 1.807) is 0 Å². The predicted molar refractivity (Wildman–Crippen MR) is 84.7 cm³/mol. The molecule has 0 aromatic heterocycles. The van der Waals surface area contributed by atoms with Gasteiger partial charge in [0.1, 0.15) is 0 Å². The first-order valence-corrected chi connectivity index (χ1v) is 7.54. The first kappa shape index (κ1) is 16.4. The molecule has 0 amide bonds. The maximum absolute atomic E-state index is 12.0. The van der Waals surface area contributed by atoms with Crippen molar-refractivity contribution < 1.29 is 4.79 Å². The fourth-order valence-corrected chi connectivity index (χ4v) is 2.44. The Hall–Kier alpha value is -0.670. The average Bonchev–Trinajstić information content (AvgIpc) is 2.27. The molecule has 1 rings (SSSR count). The fraction of sp³-hybridized carbons (Fsp3) is 0.562. The summed E-state index contributed by atoms with van der Waals surface area (Å²) in [5, 5.41) is 0. The summed E-state index contributed by atoms with van der Waals surface area (Å²) in [6.07, 6.45) is 1.54. The summed E-state index contributed by atoms with van der Waals surface area (Å²) in [5.74, 6) is 0.233. The Balaban J connectivity index is 2.33. The number of benzene rings is 1. The van der Waals surface area contributed by atoms with Crippen LogP contribution in [0.15, 0.2) is 28.7 Å². The first-order chi connectivity index (χ1) is 8.78. The van der Waals surface area contributed by atoms with Crippen molar-refractivity contribution in [1.82, 2.24) is 4.90 Å². The van der Waals surface area contributed by atoms with E-state index in [-0.39, 0.29) is 5.78 Å². The van der Waals surface area contributed by atoms with Crippen LogP contribution in [-0.2, 0) is 0 Å². The van der Waals surface area contributed by atoms with Crippen molar-refractivity contribution in [1.29, 1.82) is 0 Å². The third-order valence-corrected chi connectivity index (χ3v) is 3.38. The average molecular weight is 326 g/mol. The fourth-order valence-electron chi connectivity index (χ4n) is 2.18. The van der Waals surface area contributed by atoms with Crippen LogP contribution < -0.4 is 0 Å². The molecule has 0 saturated heterocycles. The Morgan fingerprint density at radius 1 is 1.21 bits per heavy atom. The topological polar surface area (TPSA) is 20.3 Å². The SMILES string of the molecule is CN(CCCC(=O)c1ccc(Br)cc1)CC(C)(C)C. The molecule has 0 aliphatic carbocycles. The van der Waals surface area contributed by atoms with E-state index in [9.17, 15) is 4.79 Å². The second-order valence-corrected chi connectivity index (χ2v) is 7.25. The van der Waals surface area contributed by atoms with E-state index in [2.05, 4.69) is 48.6 Å². The Morgan fingerprint density at radius 2 is 1.79 bits per heavy atom. The molecular weight excluding hydrogens is 302 g/mol. The van der Waals surface area contributed by atoms with Gasteiger partial charge in [-0.05, 0) is 37.6 Å². The number of rotatable bonds is 6. The second-order valence-electron chi connectivity index (χ2n) is 6.33. The normalized spacial score (nSPS) is 11.9. The van der Waals surface area contributed by atoms with Crippen LogP contribution in [0.5, 0.6) is 0 Å². The van der Waals surface area contributed by atoms with Crippen LogP contribution in [-0.4, -0.2) is 30.8 Å². The van der Waals surface area contributed by atoms with Crippen molar-refractivity contribution in [3.63, 3.8) is 0 Å². The van der Waals surface area contributed by atoms with Crippen LogP contribution in [0, 0.1) is 5.41 Å². The number of nitrogens with zero attached hydrogens (tertiary/aromatic N) is 1. The Labute approximate surface area is 125 Å². The van der Waals surface area contributed by atoms with Gasteiger partial charge in [0.2, 0.25) is 0 Å². The van der Waals surface area contributed by atoms with E-state index < -0.39 is 0 Å². The zero-order chi connectivity index (χ0) is 14.5. The molecule has 0 heterocycles. The molecule has 0 bridgehead atoms. The predicted octanol–water partition coefficient (Wildman–Crippen LogP) is 4.39. The number of Topliss-reactive ketones (excluding diaryl/α,β-unsaturated/α-hetero) is 1. The molecule has 106 valence electrons. The van der Waals surface area contributed by atoms with Gasteiger partial charge in [-0.2, -0.15) is 0 Å². The number of hydrogen-bond donors (Lipinski definition) is 0. The molecule has 0 saturated carbocycles. The molecule has 0 spiro atoms. The standard InChI is InChI=1S/C16H24BrNO/c1-16(2,3)12-18(4)11-5-6-15(19)13-7-9-14(17)10-8-13/h7-10H,5-6,11-12H2,1-4H3. The molecule has 2 nitrogen and oxygen atoms in total. The third-order valence-electron chi connectivity index (χ3n) is 2.85. The van der Waals surface area contributed by atoms with Crippen LogP contribution >= 0.6 is 15.9 Å². The second kappa shape index (κ2) is 7.20. The summed E-state index contributed by atoms with van der Waals surface area (Å²) in [6, 6.07) is 7.59.